The van der Waals surface area contributed by atoms with Crippen LogP contribution >= 0.6 is 0 Å². The van der Waals surface area contributed by atoms with Crippen molar-refractivity contribution in [2.75, 3.05) is 6.61 Å². The van der Waals surface area contributed by atoms with E-state index in [2.05, 4.69) is 0 Å². The molecule has 1 amide bonds. The van der Waals surface area contributed by atoms with Crippen LogP contribution in [0.4, 0.5) is 0 Å². The van der Waals surface area contributed by atoms with Gasteiger partial charge in [0.1, 0.15) is 6.61 Å². The zero-order valence-corrected chi connectivity index (χ0v) is 16.1. The topological polar surface area (TPSA) is 175 Å². The molecule has 0 bridgehead atoms. The Labute approximate surface area is 160 Å². The second-order valence-electron chi connectivity index (χ2n) is 5.53. The summed E-state index contributed by atoms with van der Waals surface area (Å²) in [4.78, 5) is 68.7. The lowest BCUT2D eigenvalue weighted by Crippen LogP contribution is -2.56. The molecule has 0 saturated carbocycles. The molecule has 158 valence electrons. The molecule has 0 aliphatic carbocycles. The van der Waals surface area contributed by atoms with Gasteiger partial charge in [0.05, 0.1) is 0 Å². The lowest BCUT2D eigenvalue weighted by Gasteiger charge is -2.34. The summed E-state index contributed by atoms with van der Waals surface area (Å²) >= 11 is 0. The Kier molecular flexibility index (Phi) is 10.2. The minimum atomic E-state index is -1.89. The van der Waals surface area contributed by atoms with E-state index < -0.39 is 66.8 Å². The number of esters is 5. The maximum Gasteiger partial charge on any atom is 0.303 e. The Morgan fingerprint density at radius 1 is 0.643 bits per heavy atom. The smallest absolute Gasteiger partial charge is 0.303 e. The number of carbonyl (C=O) groups is 6. The van der Waals surface area contributed by atoms with E-state index in [9.17, 15) is 28.8 Å². The van der Waals surface area contributed by atoms with Gasteiger partial charge in [-0.05, 0) is 0 Å². The van der Waals surface area contributed by atoms with Gasteiger partial charge >= 0.3 is 29.8 Å². The summed E-state index contributed by atoms with van der Waals surface area (Å²) in [5.74, 6) is -5.67. The molecule has 0 saturated heterocycles. The fraction of sp³-hybridized carbons (Fsp3) is 0.625. The molecular formula is C16H23NO11. The van der Waals surface area contributed by atoms with E-state index >= 15 is 0 Å². The van der Waals surface area contributed by atoms with Crippen LogP contribution in [-0.2, 0) is 52.5 Å². The van der Waals surface area contributed by atoms with Crippen LogP contribution in [0.1, 0.15) is 34.6 Å². The first kappa shape index (κ1) is 24.8. The van der Waals surface area contributed by atoms with Gasteiger partial charge in [-0.3, -0.25) is 28.8 Å². The highest BCUT2D eigenvalue weighted by atomic mass is 16.6. The standard InChI is InChI=1S/C16H23NO11/c1-7(18)24-6-12(25-8(2)19)13(26-9(3)20)14(27-10(4)21)15(16(17)23)28-11(5)22/h12-15H,6H2,1-5H3,(H2,17,23). The van der Waals surface area contributed by atoms with E-state index in [1.165, 1.54) is 0 Å². The highest BCUT2D eigenvalue weighted by Gasteiger charge is 2.46. The number of hydrogen-bond donors (Lipinski definition) is 1. The Morgan fingerprint density at radius 2 is 1.07 bits per heavy atom. The first-order valence-electron chi connectivity index (χ1n) is 7.96. The van der Waals surface area contributed by atoms with Crippen molar-refractivity contribution < 1.29 is 52.5 Å². The number of amides is 1. The molecule has 0 aromatic carbocycles. The Morgan fingerprint density at radius 3 is 1.43 bits per heavy atom. The minimum absolute atomic E-state index is 0.615. The number of hydrogen-bond acceptors (Lipinski definition) is 11. The van der Waals surface area contributed by atoms with Crippen molar-refractivity contribution in [1.82, 2.24) is 0 Å². The van der Waals surface area contributed by atoms with Crippen molar-refractivity contribution in [3.05, 3.63) is 0 Å². The van der Waals surface area contributed by atoms with Gasteiger partial charge in [0.2, 0.25) is 6.10 Å². The fourth-order valence-electron chi connectivity index (χ4n) is 2.11. The van der Waals surface area contributed by atoms with Crippen LogP contribution in [0.25, 0.3) is 0 Å². The monoisotopic (exact) mass is 405 g/mol. The molecule has 0 aliphatic heterocycles. The molecule has 28 heavy (non-hydrogen) atoms. The minimum Gasteiger partial charge on any atom is -0.462 e. The van der Waals surface area contributed by atoms with Crippen molar-refractivity contribution in [3.8, 4) is 0 Å². The number of carbonyl (C=O) groups excluding carboxylic acids is 6. The highest BCUT2D eigenvalue weighted by molar-refractivity contribution is 5.83. The van der Waals surface area contributed by atoms with Crippen LogP contribution in [0, 0.1) is 0 Å². The van der Waals surface area contributed by atoms with E-state index in [4.69, 9.17) is 29.4 Å². The predicted octanol–water partition coefficient (Wildman–Crippen LogP) is -1.24. The van der Waals surface area contributed by atoms with Crippen molar-refractivity contribution in [2.45, 2.75) is 59.0 Å². The summed E-state index contributed by atoms with van der Waals surface area (Å²) in [6.45, 7) is 4.39. The third-order valence-electron chi connectivity index (χ3n) is 2.93. The van der Waals surface area contributed by atoms with Gasteiger partial charge in [-0.2, -0.15) is 0 Å². The molecule has 0 heterocycles. The fourth-order valence-corrected chi connectivity index (χ4v) is 2.11. The number of primary amides is 1. The highest BCUT2D eigenvalue weighted by Crippen LogP contribution is 2.20. The van der Waals surface area contributed by atoms with Gasteiger partial charge < -0.3 is 29.4 Å². The van der Waals surface area contributed by atoms with Gasteiger partial charge in [-0.15, -0.1) is 0 Å². The third-order valence-corrected chi connectivity index (χ3v) is 2.93. The zero-order valence-electron chi connectivity index (χ0n) is 16.1. The Hall–Kier alpha value is -3.18. The van der Waals surface area contributed by atoms with E-state index in [1.54, 1.807) is 0 Å². The van der Waals surface area contributed by atoms with E-state index in [-0.39, 0.29) is 0 Å². The van der Waals surface area contributed by atoms with Crippen molar-refractivity contribution in [2.24, 2.45) is 5.73 Å². The molecule has 0 aliphatic rings. The molecule has 0 aromatic rings. The largest absolute Gasteiger partial charge is 0.462 e. The van der Waals surface area contributed by atoms with E-state index in [0.717, 1.165) is 34.6 Å². The van der Waals surface area contributed by atoms with Crippen molar-refractivity contribution >= 4 is 35.8 Å². The summed E-state index contributed by atoms with van der Waals surface area (Å²) in [5.41, 5.74) is 5.21. The molecule has 12 heteroatoms. The quantitative estimate of drug-likeness (QED) is 0.340. The molecule has 0 rings (SSSR count). The second-order valence-corrected chi connectivity index (χ2v) is 5.53. The van der Waals surface area contributed by atoms with Crippen LogP contribution < -0.4 is 5.73 Å². The normalized spacial score (nSPS) is 14.5. The first-order chi connectivity index (χ1) is 12.8. The molecule has 12 nitrogen and oxygen atoms in total. The molecule has 0 radical (unpaired) electrons. The van der Waals surface area contributed by atoms with Gasteiger partial charge in [0, 0.05) is 34.6 Å². The zero-order chi connectivity index (χ0) is 22.0. The third kappa shape index (κ3) is 9.50. The first-order valence-corrected chi connectivity index (χ1v) is 7.96. The molecule has 4 atom stereocenters. The maximum atomic E-state index is 11.8. The van der Waals surface area contributed by atoms with Gasteiger partial charge in [-0.1, -0.05) is 0 Å². The molecule has 4 unspecified atom stereocenters. The second kappa shape index (κ2) is 11.5. The molecular weight excluding hydrogens is 382 g/mol. The number of rotatable bonds is 10. The van der Waals surface area contributed by atoms with Crippen LogP contribution in [0.5, 0.6) is 0 Å². The van der Waals surface area contributed by atoms with E-state index in [0.29, 0.717) is 0 Å². The maximum absolute atomic E-state index is 11.8. The SMILES string of the molecule is CC(=O)OCC(OC(C)=O)C(OC(C)=O)C(OC(C)=O)C(OC(C)=O)C(N)=O. The lowest BCUT2D eigenvalue weighted by atomic mass is 10.0. The molecule has 0 spiro atoms. The van der Waals surface area contributed by atoms with Gasteiger partial charge in [0.25, 0.3) is 5.91 Å². The average molecular weight is 405 g/mol. The summed E-state index contributed by atoms with van der Waals surface area (Å²) in [6.07, 6.45) is -6.88. The van der Waals surface area contributed by atoms with Crippen LogP contribution in [-0.4, -0.2) is 66.8 Å². The predicted molar refractivity (Wildman–Crippen MR) is 88.0 cm³/mol. The summed E-state index contributed by atoms with van der Waals surface area (Å²) in [6, 6.07) is 0. The number of ether oxygens (including phenoxy) is 5. The van der Waals surface area contributed by atoms with Crippen LogP contribution in [0.15, 0.2) is 0 Å². The summed E-state index contributed by atoms with van der Waals surface area (Å²) < 4.78 is 24.6. The summed E-state index contributed by atoms with van der Waals surface area (Å²) in [7, 11) is 0. The Bertz CT molecular complexity index is 630. The van der Waals surface area contributed by atoms with Gasteiger partial charge in [0.15, 0.2) is 18.3 Å². The Balaban J connectivity index is 6.18. The van der Waals surface area contributed by atoms with Crippen molar-refractivity contribution in [1.29, 1.82) is 0 Å². The number of nitrogens with two attached hydrogens (primary N) is 1. The van der Waals surface area contributed by atoms with Gasteiger partial charge in [-0.25, -0.2) is 0 Å². The van der Waals surface area contributed by atoms with Crippen LogP contribution in [0.3, 0.4) is 0 Å². The lowest BCUT2D eigenvalue weighted by molar-refractivity contribution is -0.202. The summed E-state index contributed by atoms with van der Waals surface area (Å²) in [5, 5.41) is 0. The average Bonchev–Trinajstić information content (AvgIpc) is 2.51. The van der Waals surface area contributed by atoms with Crippen molar-refractivity contribution in [3.63, 3.8) is 0 Å². The molecule has 0 aromatic heterocycles. The van der Waals surface area contributed by atoms with E-state index in [1.807, 2.05) is 0 Å². The van der Waals surface area contributed by atoms with Crippen LogP contribution in [0.2, 0.25) is 0 Å². The molecule has 2 N–H and O–H groups in total. The molecule has 0 fully saturated rings.